The molecule has 13 nitrogen and oxygen atoms in total. The number of hydrogen-bond donors (Lipinski definition) is 6. The number of benzene rings is 1. The molecular formula is C43H62N4O9. The standard InChI is InChI=1S/C43H62N4O9/c1-7-8-9-11-16-28(4)37-21-13-10-12-20-36(50)30(6)39(51)33(23-22-29(5)48)40(52)45-38(27(2)3)41(53)44-35(26-31-17-14-18-32(49)25-31)42(54)47-24-15-19-34(46-47)43(55)56-37/h9-14,16-18,20,25,27,30,33-39,46,49-51H,7-8,15,19,21-24,26H2,1-6H3,(H,44,53)(H,45,52)/b11-9+,13-10+,20-12+,28-16+/t30-,33+,34-,35-,36-,37-,38-,39+/m0/s1. The van der Waals surface area contributed by atoms with Crippen molar-refractivity contribution in [3.63, 3.8) is 0 Å². The van der Waals surface area contributed by atoms with Crippen LogP contribution in [0.15, 0.2) is 72.4 Å². The average Bonchev–Trinajstić information content (AvgIpc) is 3.16. The Hall–Kier alpha value is -4.59. The molecule has 56 heavy (non-hydrogen) atoms. The van der Waals surface area contributed by atoms with Crippen LogP contribution in [-0.2, 0) is 35.1 Å². The van der Waals surface area contributed by atoms with Crippen LogP contribution in [0.25, 0.3) is 0 Å². The molecule has 308 valence electrons. The van der Waals surface area contributed by atoms with Gasteiger partial charge in [0.05, 0.1) is 18.1 Å². The molecule has 3 rings (SSSR count). The van der Waals surface area contributed by atoms with Gasteiger partial charge in [0.25, 0.3) is 5.91 Å². The van der Waals surface area contributed by atoms with Crippen LogP contribution in [0.5, 0.6) is 5.75 Å². The lowest BCUT2D eigenvalue weighted by Crippen LogP contribution is -2.62. The molecule has 2 bridgehead atoms. The summed E-state index contributed by atoms with van der Waals surface area (Å²) in [4.78, 5) is 67.9. The first-order valence-corrected chi connectivity index (χ1v) is 19.8. The molecular weight excluding hydrogens is 716 g/mol. The number of amides is 3. The van der Waals surface area contributed by atoms with E-state index in [1.807, 2.05) is 25.2 Å². The monoisotopic (exact) mass is 778 g/mol. The number of carbonyl (C=O) groups is 5. The van der Waals surface area contributed by atoms with Crippen LogP contribution < -0.4 is 16.1 Å². The second-order valence-corrected chi connectivity index (χ2v) is 15.3. The zero-order valence-corrected chi connectivity index (χ0v) is 33.6. The summed E-state index contributed by atoms with van der Waals surface area (Å²) in [6, 6.07) is 3.12. The molecule has 2 heterocycles. The van der Waals surface area contributed by atoms with E-state index < -0.39 is 77.9 Å². The summed E-state index contributed by atoms with van der Waals surface area (Å²) in [6.07, 6.45) is 12.3. The molecule has 1 saturated heterocycles. The Morgan fingerprint density at radius 2 is 1.82 bits per heavy atom. The Labute approximate surface area is 331 Å². The van der Waals surface area contributed by atoms with E-state index in [0.717, 1.165) is 18.4 Å². The van der Waals surface area contributed by atoms with Crippen molar-refractivity contribution in [2.45, 2.75) is 129 Å². The number of fused-ring (bicyclic) bond motifs is 2. The third-order valence-corrected chi connectivity index (χ3v) is 10.2. The van der Waals surface area contributed by atoms with Crippen LogP contribution in [-0.4, -0.2) is 92.8 Å². The fraction of sp³-hybridized carbons (Fsp3) is 0.558. The van der Waals surface area contributed by atoms with Crippen molar-refractivity contribution in [1.29, 1.82) is 0 Å². The number of rotatable bonds is 10. The fourth-order valence-corrected chi connectivity index (χ4v) is 6.64. The van der Waals surface area contributed by atoms with E-state index in [1.165, 1.54) is 30.1 Å². The molecule has 2 aliphatic heterocycles. The van der Waals surface area contributed by atoms with Crippen LogP contribution in [0.4, 0.5) is 0 Å². The first-order valence-electron chi connectivity index (χ1n) is 19.8. The van der Waals surface area contributed by atoms with E-state index >= 15 is 0 Å². The fourth-order valence-electron chi connectivity index (χ4n) is 6.64. The number of nitrogens with one attached hydrogen (secondary N) is 3. The lowest BCUT2D eigenvalue weighted by Gasteiger charge is -2.36. The van der Waals surface area contributed by atoms with Crippen molar-refractivity contribution >= 4 is 29.5 Å². The molecule has 0 aliphatic carbocycles. The molecule has 0 spiro atoms. The zero-order chi connectivity index (χ0) is 41.4. The normalized spacial score (nSPS) is 29.2. The highest BCUT2D eigenvalue weighted by atomic mass is 16.5. The number of carbonyl (C=O) groups excluding carboxylic acids is 5. The molecule has 8 atom stereocenters. The molecule has 2 aliphatic rings. The van der Waals surface area contributed by atoms with E-state index in [-0.39, 0.29) is 37.3 Å². The SMILES string of the molecule is CCC/C=C/C=C(\C)[C@@H]1C/C=C/C=C/[C@H](O)[C@H](C)[C@@H](O)[C@@H](CCC(C)=O)C(=O)N[C@@H](C(C)C)C(=O)N[C@@H](Cc2cccc(O)c2)C(=O)N2CCC[C@H](N2)C(=O)O1. The van der Waals surface area contributed by atoms with E-state index in [4.69, 9.17) is 4.74 Å². The van der Waals surface area contributed by atoms with Crippen LogP contribution in [0.2, 0.25) is 0 Å². The lowest BCUT2D eigenvalue weighted by molar-refractivity contribution is -0.156. The highest BCUT2D eigenvalue weighted by Gasteiger charge is 2.38. The van der Waals surface area contributed by atoms with Crippen molar-refractivity contribution in [2.75, 3.05) is 6.54 Å². The van der Waals surface area contributed by atoms with E-state index in [2.05, 4.69) is 23.0 Å². The first kappa shape index (κ1) is 45.8. The van der Waals surface area contributed by atoms with Gasteiger partial charge in [-0.15, -0.1) is 0 Å². The first-order chi connectivity index (χ1) is 26.6. The summed E-state index contributed by atoms with van der Waals surface area (Å²) in [7, 11) is 0. The number of hydrazine groups is 1. The maximum atomic E-state index is 14.3. The van der Waals surface area contributed by atoms with Gasteiger partial charge < -0.3 is 35.5 Å². The molecule has 3 amide bonds. The zero-order valence-electron chi connectivity index (χ0n) is 33.6. The number of esters is 1. The third-order valence-electron chi connectivity index (χ3n) is 10.2. The number of phenols is 1. The topological polar surface area (TPSA) is 195 Å². The Morgan fingerprint density at radius 3 is 2.50 bits per heavy atom. The van der Waals surface area contributed by atoms with E-state index in [1.54, 1.807) is 51.1 Å². The molecule has 0 radical (unpaired) electrons. The van der Waals surface area contributed by atoms with E-state index in [0.29, 0.717) is 24.8 Å². The summed E-state index contributed by atoms with van der Waals surface area (Å²) >= 11 is 0. The number of Topliss-reactive ketones (excluding diaryl/α,β-unsaturated/α-hetero) is 1. The maximum Gasteiger partial charge on any atom is 0.325 e. The van der Waals surface area contributed by atoms with Gasteiger partial charge in [-0.1, -0.05) is 88.8 Å². The molecule has 0 unspecified atom stereocenters. The van der Waals surface area contributed by atoms with Gasteiger partial charge >= 0.3 is 5.97 Å². The summed E-state index contributed by atoms with van der Waals surface area (Å²) in [5.41, 5.74) is 4.39. The van der Waals surface area contributed by atoms with Crippen LogP contribution in [0, 0.1) is 17.8 Å². The largest absolute Gasteiger partial charge is 0.508 e. The Kier molecular flexibility index (Phi) is 18.7. The second-order valence-electron chi connectivity index (χ2n) is 15.3. The molecule has 0 aromatic heterocycles. The van der Waals surface area contributed by atoms with Gasteiger partial charge in [-0.05, 0) is 68.7 Å². The minimum atomic E-state index is -1.39. The van der Waals surface area contributed by atoms with Crippen molar-refractivity contribution in [3.05, 3.63) is 77.9 Å². The number of aromatic hydroxyl groups is 1. The summed E-state index contributed by atoms with van der Waals surface area (Å²) in [6.45, 7) is 10.6. The van der Waals surface area contributed by atoms with Crippen molar-refractivity contribution in [2.24, 2.45) is 17.8 Å². The van der Waals surface area contributed by atoms with Gasteiger partial charge in [0, 0.05) is 31.7 Å². The van der Waals surface area contributed by atoms with Crippen molar-refractivity contribution < 1.29 is 44.0 Å². The van der Waals surface area contributed by atoms with Gasteiger partial charge in [0.15, 0.2) is 0 Å². The molecule has 13 heteroatoms. The number of nitrogens with zero attached hydrogens (tertiary/aromatic N) is 1. The van der Waals surface area contributed by atoms with E-state index in [9.17, 15) is 39.3 Å². The number of hydrogen-bond acceptors (Lipinski definition) is 10. The van der Waals surface area contributed by atoms with Crippen molar-refractivity contribution in [3.8, 4) is 5.75 Å². The van der Waals surface area contributed by atoms with Crippen LogP contribution >= 0.6 is 0 Å². The number of unbranched alkanes of at least 4 members (excludes halogenated alkanes) is 1. The minimum Gasteiger partial charge on any atom is -0.508 e. The second kappa shape index (κ2) is 22.8. The Morgan fingerprint density at radius 1 is 1.07 bits per heavy atom. The molecule has 6 N–H and O–H groups in total. The van der Waals surface area contributed by atoms with Crippen molar-refractivity contribution in [1.82, 2.24) is 21.1 Å². The van der Waals surface area contributed by atoms with Gasteiger partial charge in [-0.25, -0.2) is 5.43 Å². The third kappa shape index (κ3) is 14.2. The number of allylic oxidation sites excluding steroid dienone is 5. The van der Waals surface area contributed by atoms with Gasteiger partial charge in [-0.3, -0.25) is 24.2 Å². The number of aliphatic hydroxyl groups is 2. The number of phenolic OH excluding ortho intramolecular Hbond substituents is 1. The number of ketones is 1. The number of cyclic esters (lactones) is 1. The summed E-state index contributed by atoms with van der Waals surface area (Å²) in [5, 5.41) is 39.5. The predicted molar refractivity (Wildman–Crippen MR) is 214 cm³/mol. The molecule has 1 aromatic rings. The van der Waals surface area contributed by atoms with Gasteiger partial charge in [0.1, 0.15) is 35.8 Å². The predicted octanol–water partition coefficient (Wildman–Crippen LogP) is 4.13. The molecule has 1 fully saturated rings. The Balaban J connectivity index is 2.07. The molecule has 1 aromatic carbocycles. The lowest BCUT2D eigenvalue weighted by atomic mass is 9.84. The van der Waals surface area contributed by atoms with Crippen LogP contribution in [0.3, 0.4) is 0 Å². The Bertz CT molecular complexity index is 1620. The van der Waals surface area contributed by atoms with Gasteiger partial charge in [0.2, 0.25) is 11.8 Å². The quantitative estimate of drug-likeness (QED) is 0.149. The van der Waals surface area contributed by atoms with Gasteiger partial charge in [-0.2, -0.15) is 0 Å². The minimum absolute atomic E-state index is 0.00654. The number of ether oxygens (including phenoxy) is 1. The summed E-state index contributed by atoms with van der Waals surface area (Å²) in [5.74, 6) is -5.08. The number of aliphatic hydroxyl groups excluding tert-OH is 2. The highest BCUT2D eigenvalue weighted by molar-refractivity contribution is 5.93. The average molecular weight is 779 g/mol. The smallest absolute Gasteiger partial charge is 0.325 e. The maximum absolute atomic E-state index is 14.3. The summed E-state index contributed by atoms with van der Waals surface area (Å²) < 4.78 is 6.05. The van der Waals surface area contributed by atoms with Crippen LogP contribution in [0.1, 0.15) is 92.1 Å². The molecule has 0 saturated carbocycles. The highest BCUT2D eigenvalue weighted by Crippen LogP contribution is 2.24.